The Morgan fingerprint density at radius 3 is 2.66 bits per heavy atom. The van der Waals surface area contributed by atoms with Crippen molar-refractivity contribution in [3.05, 3.63) is 114 Å². The summed E-state index contributed by atoms with van der Waals surface area (Å²) in [6, 6.07) is 17.1. The van der Waals surface area contributed by atoms with Gasteiger partial charge in [0.25, 0.3) is 5.91 Å². The number of hydrogen-bond acceptors (Lipinski definition) is 8. The Hall–Kier alpha value is -4.44. The predicted molar refractivity (Wildman–Crippen MR) is 159 cm³/mol. The third-order valence-corrected chi connectivity index (χ3v) is 7.78. The molecule has 1 atom stereocenters. The molecule has 1 aromatic carbocycles. The van der Waals surface area contributed by atoms with Crippen molar-refractivity contribution < 1.29 is 19.2 Å². The first-order valence-corrected chi connectivity index (χ1v) is 14.6. The quantitative estimate of drug-likeness (QED) is 0.0990. The van der Waals surface area contributed by atoms with Crippen molar-refractivity contribution in [3.8, 4) is 0 Å². The summed E-state index contributed by atoms with van der Waals surface area (Å²) in [7, 11) is 0. The van der Waals surface area contributed by atoms with E-state index in [1.165, 1.54) is 0 Å². The van der Waals surface area contributed by atoms with E-state index in [0.717, 1.165) is 28.1 Å². The molecule has 4 heterocycles. The first-order valence-electron chi connectivity index (χ1n) is 13.5. The molecule has 210 valence electrons. The van der Waals surface area contributed by atoms with Gasteiger partial charge in [-0.1, -0.05) is 23.4 Å². The fourth-order valence-electron chi connectivity index (χ4n) is 4.57. The van der Waals surface area contributed by atoms with Crippen LogP contribution in [0, 0.1) is 0 Å². The number of unbranched alkanes of at least 4 members (excludes halogenated alkanes) is 1. The minimum absolute atomic E-state index is 0.104. The van der Waals surface area contributed by atoms with Crippen LogP contribution < -0.4 is 5.32 Å². The highest BCUT2D eigenvalue weighted by Gasteiger charge is 2.28. The molecule has 0 fully saturated rings. The monoisotopic (exact) mass is 569 g/mol. The van der Waals surface area contributed by atoms with Gasteiger partial charge in [-0.2, -0.15) is 0 Å². The van der Waals surface area contributed by atoms with Gasteiger partial charge in [0.15, 0.2) is 0 Å². The van der Waals surface area contributed by atoms with Crippen LogP contribution in [-0.4, -0.2) is 45.3 Å². The molecule has 1 aliphatic heterocycles. The first-order chi connectivity index (χ1) is 20.1. The van der Waals surface area contributed by atoms with Gasteiger partial charge in [0, 0.05) is 71.2 Å². The van der Waals surface area contributed by atoms with Gasteiger partial charge in [0.2, 0.25) is 0 Å². The number of fused-ring (bicyclic) bond motifs is 1. The maximum atomic E-state index is 13.3. The summed E-state index contributed by atoms with van der Waals surface area (Å²) in [5.74, 6) is 0.369. The second-order valence-corrected chi connectivity index (χ2v) is 10.4. The second-order valence-electron chi connectivity index (χ2n) is 9.34. The SMILES string of the molecule is CCOC(=O)CCCCO/N=C(/c1cccnc1)c1cccc(NC(=O)c2ccn3c2CSC3c2cccnc2)c1. The average molecular weight is 570 g/mol. The number of thioether (sulfide) groups is 1. The number of nitrogens with zero attached hydrogens (tertiary/aromatic N) is 4. The topological polar surface area (TPSA) is 108 Å². The van der Waals surface area contributed by atoms with Crippen LogP contribution in [0.3, 0.4) is 0 Å². The number of carbonyl (C=O) groups is 2. The lowest BCUT2D eigenvalue weighted by molar-refractivity contribution is -0.143. The zero-order chi connectivity index (χ0) is 28.4. The third kappa shape index (κ3) is 7.01. The van der Waals surface area contributed by atoms with E-state index in [-0.39, 0.29) is 17.3 Å². The van der Waals surface area contributed by atoms with E-state index in [9.17, 15) is 9.59 Å². The summed E-state index contributed by atoms with van der Waals surface area (Å²) in [6.07, 6.45) is 10.7. The molecule has 9 nitrogen and oxygen atoms in total. The molecule has 1 amide bonds. The van der Waals surface area contributed by atoms with Gasteiger partial charge < -0.3 is 19.5 Å². The zero-order valence-corrected chi connectivity index (χ0v) is 23.5. The number of nitrogens with one attached hydrogen (secondary N) is 1. The number of carbonyl (C=O) groups excluding carboxylic acids is 2. The van der Waals surface area contributed by atoms with E-state index in [1.54, 1.807) is 37.3 Å². The van der Waals surface area contributed by atoms with Crippen molar-refractivity contribution in [2.45, 2.75) is 37.3 Å². The molecule has 0 radical (unpaired) electrons. The summed E-state index contributed by atoms with van der Waals surface area (Å²) in [5.41, 5.74) is 5.55. The van der Waals surface area contributed by atoms with Gasteiger partial charge in [0.1, 0.15) is 17.7 Å². The maximum absolute atomic E-state index is 13.3. The van der Waals surface area contributed by atoms with Crippen LogP contribution in [0.5, 0.6) is 0 Å². The van der Waals surface area contributed by atoms with Gasteiger partial charge in [-0.15, -0.1) is 11.8 Å². The molecule has 0 saturated heterocycles. The Labute approximate surface area is 243 Å². The smallest absolute Gasteiger partial charge is 0.305 e. The summed E-state index contributed by atoms with van der Waals surface area (Å²) in [4.78, 5) is 39.0. The van der Waals surface area contributed by atoms with Crippen LogP contribution in [0.2, 0.25) is 0 Å². The summed E-state index contributed by atoms with van der Waals surface area (Å²) >= 11 is 1.77. The lowest BCUT2D eigenvalue weighted by Gasteiger charge is -2.12. The Kier molecular flexibility index (Phi) is 9.43. The Bertz CT molecular complexity index is 1510. The van der Waals surface area contributed by atoms with E-state index in [4.69, 9.17) is 9.57 Å². The predicted octanol–water partition coefficient (Wildman–Crippen LogP) is 5.83. The van der Waals surface area contributed by atoms with E-state index >= 15 is 0 Å². The second kappa shape index (κ2) is 13.8. The minimum Gasteiger partial charge on any atom is -0.466 e. The molecule has 0 spiro atoms. The molecular weight excluding hydrogens is 538 g/mol. The van der Waals surface area contributed by atoms with Crippen LogP contribution >= 0.6 is 11.8 Å². The summed E-state index contributed by atoms with van der Waals surface area (Å²) in [5, 5.41) is 7.56. The van der Waals surface area contributed by atoms with Gasteiger partial charge in [-0.05, 0) is 56.2 Å². The highest BCUT2D eigenvalue weighted by molar-refractivity contribution is 7.99. The molecule has 4 aromatic rings. The number of anilines is 1. The molecule has 1 N–H and O–H groups in total. The fraction of sp³-hybridized carbons (Fsp3) is 0.258. The molecule has 10 heteroatoms. The van der Waals surface area contributed by atoms with E-state index < -0.39 is 0 Å². The number of pyridine rings is 2. The average Bonchev–Trinajstić information content (AvgIpc) is 3.61. The van der Waals surface area contributed by atoms with Crippen LogP contribution in [0.15, 0.2) is 90.7 Å². The number of aromatic nitrogens is 3. The molecule has 3 aromatic heterocycles. The van der Waals surface area contributed by atoms with Crippen LogP contribution in [0.25, 0.3) is 0 Å². The van der Waals surface area contributed by atoms with Gasteiger partial charge in [-0.25, -0.2) is 0 Å². The Morgan fingerprint density at radius 1 is 1.05 bits per heavy atom. The molecule has 0 aliphatic carbocycles. The van der Waals surface area contributed by atoms with Crippen LogP contribution in [0.4, 0.5) is 5.69 Å². The summed E-state index contributed by atoms with van der Waals surface area (Å²) < 4.78 is 7.10. The van der Waals surface area contributed by atoms with Crippen molar-refractivity contribution in [1.82, 2.24) is 14.5 Å². The zero-order valence-electron chi connectivity index (χ0n) is 22.7. The Balaban J connectivity index is 1.28. The van der Waals surface area contributed by atoms with Gasteiger partial charge in [-0.3, -0.25) is 19.6 Å². The van der Waals surface area contributed by atoms with E-state index in [2.05, 4.69) is 31.1 Å². The lowest BCUT2D eigenvalue weighted by Crippen LogP contribution is -2.14. The standard InChI is InChI=1S/C31H31N5O4S/c1-2-39-28(37)12-3-4-17-40-35-29(23-9-6-14-32-19-23)22-8-5-11-25(18-22)34-30(38)26-13-16-36-27(26)21-41-31(36)24-10-7-15-33-20-24/h5-11,13-16,18-20,31H,2-4,12,17,21H2,1H3,(H,34,38)/b35-29+. The fourth-order valence-corrected chi connectivity index (χ4v) is 5.88. The lowest BCUT2D eigenvalue weighted by atomic mass is 10.0. The van der Waals surface area contributed by atoms with Crippen molar-refractivity contribution in [1.29, 1.82) is 0 Å². The number of hydrogen-bond donors (Lipinski definition) is 1. The number of ether oxygens (including phenoxy) is 1. The summed E-state index contributed by atoms with van der Waals surface area (Å²) in [6.45, 7) is 2.53. The molecule has 1 unspecified atom stereocenters. The van der Waals surface area contributed by atoms with Crippen LogP contribution in [-0.2, 0) is 20.1 Å². The van der Waals surface area contributed by atoms with Crippen molar-refractivity contribution in [2.75, 3.05) is 18.5 Å². The van der Waals surface area contributed by atoms with Crippen LogP contribution in [0.1, 0.15) is 64.3 Å². The molecule has 1 aliphatic rings. The molecule has 0 bridgehead atoms. The van der Waals surface area contributed by atoms with Crippen molar-refractivity contribution >= 4 is 35.0 Å². The van der Waals surface area contributed by atoms with Gasteiger partial charge in [0.05, 0.1) is 12.2 Å². The Morgan fingerprint density at radius 2 is 1.88 bits per heavy atom. The highest BCUT2D eigenvalue weighted by atomic mass is 32.2. The van der Waals surface area contributed by atoms with E-state index in [1.807, 2.05) is 60.9 Å². The number of esters is 1. The normalized spacial score (nSPS) is 14.4. The highest BCUT2D eigenvalue weighted by Crippen LogP contribution is 2.42. The number of rotatable bonds is 12. The maximum Gasteiger partial charge on any atom is 0.305 e. The number of amides is 1. The number of benzene rings is 1. The van der Waals surface area contributed by atoms with Gasteiger partial charge >= 0.3 is 5.97 Å². The minimum atomic E-state index is -0.205. The van der Waals surface area contributed by atoms with Crippen molar-refractivity contribution in [3.63, 3.8) is 0 Å². The molecule has 41 heavy (non-hydrogen) atoms. The number of oxime groups is 1. The molecule has 5 rings (SSSR count). The molecular formula is C31H31N5O4S. The molecule has 0 saturated carbocycles. The van der Waals surface area contributed by atoms with Crippen molar-refractivity contribution in [2.24, 2.45) is 5.16 Å². The van der Waals surface area contributed by atoms with E-state index in [0.29, 0.717) is 49.4 Å². The largest absolute Gasteiger partial charge is 0.466 e. The third-order valence-electron chi connectivity index (χ3n) is 6.53. The first kappa shape index (κ1) is 28.1.